The number of likely N-dealkylation sites (N-methyl/N-ethyl adjacent to an activating group) is 1. The second-order valence-corrected chi connectivity index (χ2v) is 38.2. The summed E-state index contributed by atoms with van der Waals surface area (Å²) >= 11 is 0. The van der Waals surface area contributed by atoms with E-state index < -0.39 is 222 Å². The van der Waals surface area contributed by atoms with Crippen molar-refractivity contribution >= 4 is 150 Å². The molecule has 1 saturated carbocycles. The summed E-state index contributed by atoms with van der Waals surface area (Å²) in [5, 5.41) is 103. The quantitative estimate of drug-likeness (QED) is 0.00651. The summed E-state index contributed by atoms with van der Waals surface area (Å²) in [6, 6.07) is 11.4. The maximum Gasteiger partial charge on any atom is 0.326 e. The number of nitrogens with one attached hydrogen (secondary N) is 8. The zero-order valence-corrected chi connectivity index (χ0v) is 79.7. The number of nitrogens with zero attached hydrogens (tertiary/aromatic N) is 6. The number of H-pyrrole nitrogens is 2. The molecule has 5 aliphatic rings. The number of esters is 2. The molecule has 1 aliphatic carbocycles. The topological polar surface area (TPSA) is 685 Å². The number of ether oxygens (including phenoxy) is 3. The molecule has 0 unspecified atom stereocenters. The number of hydrogen-bond acceptors (Lipinski definition) is 32. The van der Waals surface area contributed by atoms with Gasteiger partial charge in [0.2, 0.25) is 17.8 Å². The number of carbonyl (C=O) groups excluding carboxylic acids is 9. The number of carboxylic acids is 5. The number of aliphatic hydroxyl groups excluding tert-OH is 1. The predicted octanol–water partition coefficient (Wildman–Crippen LogP) is 3.14. The van der Waals surface area contributed by atoms with Gasteiger partial charge in [-0.2, -0.15) is 4.98 Å². The fourth-order valence-electron chi connectivity index (χ4n) is 20.3. The first-order valence-corrected chi connectivity index (χ1v) is 48.3. The molecule has 138 heavy (non-hydrogen) atoms. The van der Waals surface area contributed by atoms with Crippen LogP contribution in [0.5, 0.6) is 5.75 Å². The van der Waals surface area contributed by atoms with Crippen LogP contribution >= 0.6 is 21.6 Å². The first kappa shape index (κ1) is 107. The number of carbonyl (C=O) groups is 14. The maximum atomic E-state index is 15.5. The van der Waals surface area contributed by atoms with E-state index in [1.165, 1.54) is 44.5 Å². The van der Waals surface area contributed by atoms with Crippen molar-refractivity contribution in [2.75, 3.05) is 95.1 Å². The van der Waals surface area contributed by atoms with Crippen LogP contribution in [-0.2, 0) is 95.6 Å². The van der Waals surface area contributed by atoms with Gasteiger partial charge in [0.05, 0.1) is 93.4 Å². The predicted molar refractivity (Wildman–Crippen MR) is 508 cm³/mol. The largest absolute Gasteiger partial charge is 0.496 e. The second-order valence-electron chi connectivity index (χ2n) is 35.5. The summed E-state index contributed by atoms with van der Waals surface area (Å²) in [5.41, 5.74) is 14.3. The summed E-state index contributed by atoms with van der Waals surface area (Å²) < 4.78 is 17.8. The van der Waals surface area contributed by atoms with Gasteiger partial charge in [-0.05, 0) is 137 Å². The number of benzene rings is 3. The Morgan fingerprint density at radius 2 is 1.45 bits per heavy atom. The number of aliphatic imine (C=N–C) groups is 1. The van der Waals surface area contributed by atoms with Gasteiger partial charge < -0.3 is 114 Å². The minimum Gasteiger partial charge on any atom is -0.496 e. The van der Waals surface area contributed by atoms with Gasteiger partial charge in [0.25, 0.3) is 17.4 Å². The number of aliphatic carboxylic acids is 5. The number of ketones is 3. The molecule has 11 rings (SSSR count). The number of aryl methyl sites for hydroxylation is 1. The maximum absolute atomic E-state index is 15.5. The van der Waals surface area contributed by atoms with Crippen LogP contribution in [0, 0.1) is 29.1 Å². The van der Waals surface area contributed by atoms with E-state index >= 15 is 4.79 Å². The molecule has 748 valence electrons. The lowest BCUT2D eigenvalue weighted by Crippen LogP contribution is -2.81. The lowest BCUT2D eigenvalue weighted by atomic mass is 9.47. The molecule has 6 aromatic rings. The number of amides is 4. The number of β-amino-alcohol motifs (C(OH)–C–C–N with tert-alkyl or cyclic N) is 1. The van der Waals surface area contributed by atoms with Crippen molar-refractivity contribution in [3.63, 3.8) is 0 Å². The molecular formula is C93H123N17O26S2. The van der Waals surface area contributed by atoms with Crippen molar-refractivity contribution in [3.05, 3.63) is 123 Å². The molecule has 7 heterocycles. The number of Topliss-reactive ketones (excluding diaryl/α,β-unsaturated/α-hetero) is 3. The number of fused-ring (bicyclic) bond motifs is 3. The molecule has 1 spiro atoms. The van der Waals surface area contributed by atoms with Crippen LogP contribution in [0.3, 0.4) is 0 Å². The van der Waals surface area contributed by atoms with Crippen LogP contribution in [0.15, 0.2) is 88.8 Å². The second kappa shape index (κ2) is 47.1. The van der Waals surface area contributed by atoms with Gasteiger partial charge in [0.1, 0.15) is 42.2 Å². The van der Waals surface area contributed by atoms with Crippen molar-refractivity contribution in [1.29, 1.82) is 0 Å². The molecule has 3 aromatic heterocycles. The van der Waals surface area contributed by atoms with Gasteiger partial charge in [-0.15, -0.1) is 0 Å². The third-order valence-corrected chi connectivity index (χ3v) is 28.5. The number of anilines is 3. The van der Waals surface area contributed by atoms with Crippen LogP contribution in [0.2, 0.25) is 0 Å². The zero-order chi connectivity index (χ0) is 101. The third-order valence-electron chi connectivity index (χ3n) is 26.8. The average molecular weight is 1960 g/mol. The molecule has 0 bridgehead atoms. The van der Waals surface area contributed by atoms with Gasteiger partial charge in [0, 0.05) is 120 Å². The van der Waals surface area contributed by atoms with E-state index in [0.717, 1.165) is 28.5 Å². The number of carboxylic acid groups (broad SMARTS) is 5. The number of para-hydroxylation sites is 1. The van der Waals surface area contributed by atoms with E-state index in [0.29, 0.717) is 98.1 Å². The summed E-state index contributed by atoms with van der Waals surface area (Å²) in [4.78, 5) is 221. The van der Waals surface area contributed by atoms with Crippen LogP contribution in [-0.4, -0.2) is 286 Å². The van der Waals surface area contributed by atoms with Gasteiger partial charge in [-0.1, -0.05) is 86.1 Å². The highest BCUT2D eigenvalue weighted by Gasteiger charge is 2.79. The van der Waals surface area contributed by atoms with Gasteiger partial charge >= 0.3 is 41.8 Å². The molecule has 43 nitrogen and oxygen atoms in total. The number of aliphatic hydroxyl groups is 3. The Morgan fingerprint density at radius 1 is 0.775 bits per heavy atom. The smallest absolute Gasteiger partial charge is 0.326 e. The van der Waals surface area contributed by atoms with Crippen LogP contribution < -0.4 is 64.3 Å². The molecule has 45 heteroatoms. The van der Waals surface area contributed by atoms with E-state index in [-0.39, 0.29) is 86.0 Å². The van der Waals surface area contributed by atoms with Crippen LogP contribution in [0.1, 0.15) is 175 Å². The Hall–Kier alpha value is -12.7. The molecular weight excluding hydrogens is 1840 g/mol. The molecule has 4 amide bonds. The summed E-state index contributed by atoms with van der Waals surface area (Å²) in [7, 11) is 7.96. The normalized spacial score (nSPS) is 21.8. The average Bonchev–Trinajstić information content (AvgIpc) is 1.48. The Kier molecular flexibility index (Phi) is 36.6. The molecule has 0 radical (unpaired) electrons. The molecule has 15 atom stereocenters. The minimum absolute atomic E-state index is 0.0230. The van der Waals surface area contributed by atoms with E-state index in [1.54, 1.807) is 28.7 Å². The van der Waals surface area contributed by atoms with Gasteiger partial charge in [-0.3, -0.25) is 82.0 Å². The van der Waals surface area contributed by atoms with Crippen molar-refractivity contribution < 1.29 is 122 Å². The highest BCUT2D eigenvalue weighted by atomic mass is 33.1. The Labute approximate surface area is 801 Å². The van der Waals surface area contributed by atoms with Crippen molar-refractivity contribution in [3.8, 4) is 5.75 Å². The minimum atomic E-state index is -2.43. The summed E-state index contributed by atoms with van der Waals surface area (Å²) in [6.45, 7) is 9.48. The van der Waals surface area contributed by atoms with Crippen molar-refractivity contribution in [2.45, 2.75) is 208 Å². The number of aromatic amines is 2. The number of nitrogens with two attached hydrogens (primary N) is 3. The monoisotopic (exact) mass is 1960 g/mol. The fraction of sp³-hybridized carbons (Fsp3) is 0.538. The lowest BCUT2D eigenvalue weighted by Gasteiger charge is -2.63. The van der Waals surface area contributed by atoms with E-state index in [4.69, 9.17) is 31.4 Å². The Balaban J connectivity index is 0.000000286. The highest BCUT2D eigenvalue weighted by Crippen LogP contribution is 2.68. The highest BCUT2D eigenvalue weighted by molar-refractivity contribution is 8.76. The number of nitrogen functional groups attached to an aromatic ring is 1. The van der Waals surface area contributed by atoms with E-state index in [2.05, 4.69) is 85.8 Å². The Morgan fingerprint density at radius 3 is 2.08 bits per heavy atom. The van der Waals surface area contributed by atoms with Gasteiger partial charge in [0.15, 0.2) is 34.3 Å². The molecule has 2 saturated heterocycles. The Bertz CT molecular complexity index is 5660. The molecule has 3 aromatic carbocycles. The van der Waals surface area contributed by atoms with E-state index in [9.17, 15) is 108 Å². The van der Waals surface area contributed by atoms with Crippen LogP contribution in [0.4, 0.5) is 17.3 Å². The third kappa shape index (κ3) is 24.2. The molecule has 3 fully saturated rings. The van der Waals surface area contributed by atoms with Crippen molar-refractivity contribution in [2.24, 2.45) is 45.5 Å². The summed E-state index contributed by atoms with van der Waals surface area (Å²) in [5.74, 6) is -20.0. The van der Waals surface area contributed by atoms with E-state index in [1.807, 2.05) is 68.5 Å². The standard InChI is InChI=1S/C49H67N5O9S2.C44H56N12O17/c1-8-14-32-31-15-11-12-16-35(31)52-39(32)48(44(58)62-6,26-30-25-45(59,9-2)29-50-27-30)34-23-33-36(24-37(34)61-5)53(4)41-47(33)18-20-54-19-13-17-46(10-3,40(47)54)42(56)49(41,60)43(57)51-28-38(55)63-21-22-65-64-7;1-2-20(41(70)71)13-31(59)29(17-34(64)65)54-39(68)23(16-33(62)63)14-30(58)27(4-3-11-48-43(45)46)52-38(67)22(15-32(60)61)12-26(57)9-10-28(42(72)73)53-37(66)21-5-7-24(8-6-21)49-18-25-19-50-36-35(51-25)40(69)56-44(47)55-36/h11-13,15-17,23-24,30,40-42,50,52,56,59-60H,8-10,14,18-22,25-29H2,1-7H3,(H,51,57);5-8,19-20,22-23,27-29,49H,2-4,9-18H2,1H3,(H,52,67)(H,53,66)(H,54,68)(H,60,61)(H,62,63)(H,64,65)(H,70,71)(H,72,73)(H4,45,46,48)(H3,47,50,55,56,69)/t30-,40+,41-,42-,45+,46-,47-,48+,49+;20-,22+,23+,27+,28+,29+/m11/s1. The number of rotatable bonds is 50. The van der Waals surface area contributed by atoms with Crippen LogP contribution in [0.25, 0.3) is 22.1 Å². The van der Waals surface area contributed by atoms with Gasteiger partial charge in [-0.25, -0.2) is 14.8 Å². The number of methoxy groups -OCH3 is 2. The first-order valence-electron chi connectivity index (χ1n) is 45.6. The number of aromatic nitrogens is 5. The SMILES string of the molecule is CCCc1c([C@@](C[C@@H]2CNC[C@](O)(CC)C2)(C(=O)OC)c2cc3c(cc2OC)N(C)[C@H]2[C@@](O)(C(=O)NCC(=O)OCCSSC)[C@H](O)[C@]4(CC)C=CCN5CC[C@]32[C@@H]54)[nH]c2ccccc12.CC[C@H](CC(=O)[C@H](CC(=O)O)NC(=O)[C@H](CC(=O)O)CC(=O)[C@H](CCCN=C(N)N)NC(=O)[C@H](CC(=O)O)CC(=O)CC[C@H](NC(=O)c1ccc(NCc2cnc3nc(N)[nH]c(=O)c3n2)cc1)C(=O)O)C(=O)O. The van der Waals surface area contributed by atoms with Crippen molar-refractivity contribution in [1.82, 2.24) is 56.4 Å². The molecule has 4 aliphatic heterocycles. The molecule has 22 N–H and O–H groups in total. The first-order chi connectivity index (χ1) is 65.6. The summed E-state index contributed by atoms with van der Waals surface area (Å²) in [6.07, 6.45) is 2.57. The number of piperidine rings is 1. The lowest BCUT2D eigenvalue weighted by molar-refractivity contribution is -0.203. The fourth-order valence-corrected chi connectivity index (χ4v) is 21.3. The number of guanidine groups is 1. The number of hydrogen-bond donors (Lipinski definition) is 19. The zero-order valence-electron chi connectivity index (χ0n) is 78.0.